The van der Waals surface area contributed by atoms with Crippen molar-refractivity contribution in [2.24, 2.45) is 0 Å². The van der Waals surface area contributed by atoms with Crippen LogP contribution in [0.3, 0.4) is 0 Å². The summed E-state index contributed by atoms with van der Waals surface area (Å²) in [5.41, 5.74) is 0. The highest BCUT2D eigenvalue weighted by molar-refractivity contribution is 5.72. The van der Waals surface area contributed by atoms with Crippen LogP contribution in [-0.4, -0.2) is 37.2 Å². The summed E-state index contributed by atoms with van der Waals surface area (Å²) in [6, 6.07) is 0. The molecule has 0 saturated heterocycles. The number of carbonyl (C=O) groups is 3. The van der Waals surface area contributed by atoms with Crippen molar-refractivity contribution in [3.8, 4) is 0 Å². The van der Waals surface area contributed by atoms with E-state index in [0.717, 1.165) is 135 Å². The molecule has 0 aromatic carbocycles. The number of esters is 3. The zero-order valence-corrected chi connectivity index (χ0v) is 49.9. The Balaban J connectivity index is 4.29. The third-order valence-electron chi connectivity index (χ3n) is 12.5. The molecule has 1 atom stereocenters. The molecular formula is C72H112O6. The molecule has 0 fully saturated rings. The number of hydrogen-bond donors (Lipinski definition) is 0. The molecule has 0 aliphatic heterocycles. The van der Waals surface area contributed by atoms with E-state index >= 15 is 0 Å². The minimum absolute atomic E-state index is 0.0884. The van der Waals surface area contributed by atoms with Gasteiger partial charge in [0.15, 0.2) is 6.10 Å². The maximum Gasteiger partial charge on any atom is 0.310 e. The fourth-order valence-electron chi connectivity index (χ4n) is 7.92. The quantitative estimate of drug-likeness (QED) is 0.0261. The second-order valence-corrected chi connectivity index (χ2v) is 19.9. The van der Waals surface area contributed by atoms with Gasteiger partial charge in [-0.25, -0.2) is 0 Å². The van der Waals surface area contributed by atoms with E-state index in [1.165, 1.54) is 64.2 Å². The number of unbranched alkanes of at least 4 members (excludes halogenated alkanes) is 16. The molecule has 0 aliphatic carbocycles. The Morgan fingerprint density at radius 3 is 0.846 bits per heavy atom. The first kappa shape index (κ1) is 72.8. The van der Waals surface area contributed by atoms with E-state index in [0.29, 0.717) is 19.3 Å². The van der Waals surface area contributed by atoms with Crippen molar-refractivity contribution in [2.45, 2.75) is 252 Å². The van der Waals surface area contributed by atoms with Crippen LogP contribution in [0.15, 0.2) is 170 Å². The van der Waals surface area contributed by atoms with Gasteiger partial charge >= 0.3 is 17.9 Å². The van der Waals surface area contributed by atoms with Crippen LogP contribution in [0.1, 0.15) is 245 Å². The van der Waals surface area contributed by atoms with Gasteiger partial charge in [-0.2, -0.15) is 0 Å². The molecule has 0 rings (SSSR count). The summed E-state index contributed by atoms with van der Waals surface area (Å²) in [7, 11) is 0. The van der Waals surface area contributed by atoms with Crippen molar-refractivity contribution in [2.75, 3.05) is 13.2 Å². The highest BCUT2D eigenvalue weighted by atomic mass is 16.6. The average Bonchev–Trinajstić information content (AvgIpc) is 3.44. The Kier molecular flexibility index (Phi) is 60.0. The molecular weight excluding hydrogens is 961 g/mol. The van der Waals surface area contributed by atoms with E-state index in [2.05, 4.69) is 179 Å². The normalized spacial score (nSPS) is 13.3. The number of rotatable bonds is 54. The summed E-state index contributed by atoms with van der Waals surface area (Å²) in [5, 5.41) is 0. The summed E-state index contributed by atoms with van der Waals surface area (Å²) >= 11 is 0. The smallest absolute Gasteiger partial charge is 0.310 e. The summed E-state index contributed by atoms with van der Waals surface area (Å²) in [6.07, 6.45) is 95.4. The topological polar surface area (TPSA) is 78.9 Å². The lowest BCUT2D eigenvalue weighted by atomic mass is 10.1. The Hall–Kier alpha value is -5.23. The van der Waals surface area contributed by atoms with E-state index in [1.54, 1.807) is 6.08 Å². The number of carbonyl (C=O) groups excluding carboxylic acids is 3. The van der Waals surface area contributed by atoms with Crippen molar-refractivity contribution < 1.29 is 28.6 Å². The Bertz CT molecular complexity index is 1810. The van der Waals surface area contributed by atoms with Gasteiger partial charge < -0.3 is 14.2 Å². The van der Waals surface area contributed by atoms with Gasteiger partial charge in [0.1, 0.15) is 13.2 Å². The fourth-order valence-corrected chi connectivity index (χ4v) is 7.92. The van der Waals surface area contributed by atoms with E-state index in [4.69, 9.17) is 14.2 Å². The summed E-state index contributed by atoms with van der Waals surface area (Å²) in [5.74, 6) is -1.08. The molecule has 1 unspecified atom stereocenters. The first-order chi connectivity index (χ1) is 38.5. The number of hydrogen-bond acceptors (Lipinski definition) is 6. The minimum Gasteiger partial charge on any atom is -0.462 e. The van der Waals surface area contributed by atoms with Crippen LogP contribution in [0.25, 0.3) is 0 Å². The van der Waals surface area contributed by atoms with Gasteiger partial charge in [-0.15, -0.1) is 0 Å². The molecule has 0 amide bonds. The van der Waals surface area contributed by atoms with Gasteiger partial charge in [-0.05, 0) is 116 Å². The van der Waals surface area contributed by atoms with Gasteiger partial charge in [0.05, 0.1) is 6.42 Å². The number of allylic oxidation sites excluding steroid dienone is 27. The van der Waals surface area contributed by atoms with Crippen LogP contribution in [0.2, 0.25) is 0 Å². The Labute approximate surface area is 479 Å². The van der Waals surface area contributed by atoms with Gasteiger partial charge in [0, 0.05) is 12.8 Å². The number of ether oxygens (including phenoxy) is 3. The van der Waals surface area contributed by atoms with Crippen LogP contribution in [0, 0.1) is 0 Å². The zero-order valence-electron chi connectivity index (χ0n) is 49.9. The molecule has 6 heteroatoms. The van der Waals surface area contributed by atoms with Crippen molar-refractivity contribution in [1.29, 1.82) is 0 Å². The molecule has 0 saturated carbocycles. The average molecular weight is 1070 g/mol. The molecule has 436 valence electrons. The molecule has 0 aromatic rings. The predicted molar refractivity (Wildman–Crippen MR) is 338 cm³/mol. The van der Waals surface area contributed by atoms with Gasteiger partial charge in [0.25, 0.3) is 0 Å². The highest BCUT2D eigenvalue weighted by Gasteiger charge is 2.19. The molecule has 0 radical (unpaired) electrons. The largest absolute Gasteiger partial charge is 0.462 e. The third-order valence-corrected chi connectivity index (χ3v) is 12.5. The molecule has 0 aliphatic rings. The van der Waals surface area contributed by atoms with Crippen molar-refractivity contribution in [1.82, 2.24) is 0 Å². The van der Waals surface area contributed by atoms with Crippen LogP contribution in [-0.2, 0) is 28.6 Å². The second kappa shape index (κ2) is 64.3. The molecule has 6 nitrogen and oxygen atoms in total. The zero-order chi connectivity index (χ0) is 56.4. The molecule has 0 spiro atoms. The van der Waals surface area contributed by atoms with Crippen molar-refractivity contribution in [3.05, 3.63) is 170 Å². The van der Waals surface area contributed by atoms with Gasteiger partial charge in [0.2, 0.25) is 0 Å². The van der Waals surface area contributed by atoms with E-state index in [9.17, 15) is 14.4 Å². The lowest BCUT2D eigenvalue weighted by Gasteiger charge is -2.18. The van der Waals surface area contributed by atoms with Crippen LogP contribution < -0.4 is 0 Å². The Morgan fingerprint density at radius 1 is 0.282 bits per heavy atom. The van der Waals surface area contributed by atoms with Gasteiger partial charge in [-0.3, -0.25) is 14.4 Å². The Morgan fingerprint density at radius 2 is 0.538 bits per heavy atom. The molecule has 78 heavy (non-hydrogen) atoms. The third kappa shape index (κ3) is 61.6. The fraction of sp³-hybridized carbons (Fsp3) is 0.569. The molecule has 0 heterocycles. The highest BCUT2D eigenvalue weighted by Crippen LogP contribution is 2.14. The molecule has 0 bridgehead atoms. The first-order valence-electron chi connectivity index (χ1n) is 31.1. The van der Waals surface area contributed by atoms with E-state index < -0.39 is 12.1 Å². The standard InChI is InChI=1S/C72H112O6/c1-4-7-10-13-16-19-22-24-26-27-28-29-30-31-32-33-34-35-36-37-38-39-40-41-42-43-44-45-47-48-50-53-56-59-62-65-71(74)77-68-69(67-76-70(73)64-61-58-55-52-21-18-15-12-9-6-3)78-72(75)66-63-60-57-54-51-49-46-25-23-20-17-14-11-8-5-2/h7-8,10-11,16-17,19-20,24-26,28-29,31-32,34-35,37-38,40-41,43-44,46,51,54,60,63,69H,4-6,9,12-15,18,21-23,27,30,33,36,39,42,45,47-50,52-53,55-59,61-62,64-68H2,1-3H3/b10-7-,11-8-,19-16-,20-17-,26-24-,29-28-,32-31-,35-34-,38-37-,41-40-,44-43-,46-25-,54-51-,63-60-. The SMILES string of the molecule is CC/C=C\C/C=C\C/C=C\C/C=C\C/C=C\C/C=C\C/C=C\C/C=C\C/C=C\CCCCCCCCCC(=O)OCC(COC(=O)CCCCCCCCCCCC)OC(=O)C/C=C\C/C=C\C/C=C\C/C=C\C/C=C\CC. The maximum atomic E-state index is 12.8. The first-order valence-corrected chi connectivity index (χ1v) is 31.1. The van der Waals surface area contributed by atoms with Crippen LogP contribution >= 0.6 is 0 Å². The van der Waals surface area contributed by atoms with Crippen molar-refractivity contribution in [3.63, 3.8) is 0 Å². The van der Waals surface area contributed by atoms with E-state index in [1.807, 2.05) is 6.08 Å². The summed E-state index contributed by atoms with van der Waals surface area (Å²) < 4.78 is 16.7. The molecule has 0 aromatic heterocycles. The maximum absolute atomic E-state index is 12.8. The molecule has 0 N–H and O–H groups in total. The lowest BCUT2D eigenvalue weighted by molar-refractivity contribution is -0.166. The van der Waals surface area contributed by atoms with E-state index in [-0.39, 0.29) is 31.6 Å². The van der Waals surface area contributed by atoms with Crippen LogP contribution in [0.5, 0.6) is 0 Å². The summed E-state index contributed by atoms with van der Waals surface area (Å²) in [6.45, 7) is 6.29. The van der Waals surface area contributed by atoms with Crippen LogP contribution in [0.4, 0.5) is 0 Å². The summed E-state index contributed by atoms with van der Waals surface area (Å²) in [4.78, 5) is 38.0. The second-order valence-electron chi connectivity index (χ2n) is 19.9. The lowest BCUT2D eigenvalue weighted by Crippen LogP contribution is -2.30. The minimum atomic E-state index is -0.842. The predicted octanol–water partition coefficient (Wildman–Crippen LogP) is 21.5. The monoisotopic (exact) mass is 1070 g/mol. The van der Waals surface area contributed by atoms with Gasteiger partial charge in [-0.1, -0.05) is 281 Å². The van der Waals surface area contributed by atoms with Crippen molar-refractivity contribution >= 4 is 17.9 Å².